The number of nitrogens with one attached hydrogen (secondary N) is 2. The number of amides is 3. The summed E-state index contributed by atoms with van der Waals surface area (Å²) in [6.07, 6.45) is -1.87. The quantitative estimate of drug-likeness (QED) is 0.566. The second-order valence-corrected chi connectivity index (χ2v) is 8.16. The Hall–Kier alpha value is -3.48. The number of aromatic nitrogens is 2. The normalized spacial score (nSPS) is 20.4. The van der Waals surface area contributed by atoms with Gasteiger partial charge in [-0.25, -0.2) is 23.5 Å². The maximum atomic E-state index is 13.5. The molecule has 0 spiro atoms. The van der Waals surface area contributed by atoms with E-state index in [0.29, 0.717) is 37.0 Å². The van der Waals surface area contributed by atoms with Gasteiger partial charge in [-0.05, 0) is 37.1 Å². The summed E-state index contributed by atoms with van der Waals surface area (Å²) >= 11 is 0. The molecule has 182 valence electrons. The Kier molecular flexibility index (Phi) is 6.30. The van der Waals surface area contributed by atoms with Crippen LogP contribution in [0.5, 0.6) is 0 Å². The molecule has 0 radical (unpaired) electrons. The van der Waals surface area contributed by atoms with Crippen LogP contribution in [-0.2, 0) is 10.9 Å². The predicted octanol–water partition coefficient (Wildman–Crippen LogP) is 2.68. The number of anilines is 3. The third-order valence-electron chi connectivity index (χ3n) is 5.64. The third kappa shape index (κ3) is 5.35. The van der Waals surface area contributed by atoms with Crippen LogP contribution in [0.4, 0.5) is 39.5 Å². The Labute approximate surface area is 191 Å². The molecule has 0 saturated carbocycles. The van der Waals surface area contributed by atoms with E-state index in [0.717, 1.165) is 6.20 Å². The van der Waals surface area contributed by atoms with E-state index >= 15 is 0 Å². The lowest BCUT2D eigenvalue weighted by atomic mass is 10.0. The van der Waals surface area contributed by atoms with E-state index in [1.807, 2.05) is 0 Å². The molecule has 1 aromatic heterocycles. The molecule has 0 unspecified atom stereocenters. The van der Waals surface area contributed by atoms with E-state index in [4.69, 9.17) is 5.11 Å². The molecule has 2 fully saturated rings. The van der Waals surface area contributed by atoms with Crippen molar-refractivity contribution in [1.29, 1.82) is 0 Å². The number of urea groups is 1. The maximum absolute atomic E-state index is 13.5. The van der Waals surface area contributed by atoms with Crippen LogP contribution >= 0.6 is 0 Å². The number of alkyl halides is 4. The van der Waals surface area contributed by atoms with Crippen LogP contribution in [0, 0.1) is 0 Å². The summed E-state index contributed by atoms with van der Waals surface area (Å²) in [5.74, 6) is -3.20. The Balaban J connectivity index is 1.36. The van der Waals surface area contributed by atoms with Crippen LogP contribution in [0.25, 0.3) is 0 Å². The monoisotopic (exact) mass is 482 g/mol. The average molecular weight is 482 g/mol. The smallest absolute Gasteiger partial charge is 0.365 e. The lowest BCUT2D eigenvalue weighted by Gasteiger charge is -2.33. The number of carbonyl (C=O) groups excluding carboxylic acids is 2. The van der Waals surface area contributed by atoms with Crippen molar-refractivity contribution in [1.82, 2.24) is 15.3 Å². The molecule has 34 heavy (non-hydrogen) atoms. The van der Waals surface area contributed by atoms with E-state index < -0.39 is 29.8 Å². The van der Waals surface area contributed by atoms with Crippen molar-refractivity contribution in [2.45, 2.75) is 37.3 Å². The highest BCUT2D eigenvalue weighted by molar-refractivity contribution is 6.01. The zero-order valence-corrected chi connectivity index (χ0v) is 17.8. The van der Waals surface area contributed by atoms with Gasteiger partial charge in [0, 0.05) is 30.9 Å². The van der Waals surface area contributed by atoms with Crippen molar-refractivity contribution in [2.75, 3.05) is 34.8 Å². The van der Waals surface area contributed by atoms with E-state index in [2.05, 4.69) is 20.6 Å². The van der Waals surface area contributed by atoms with Crippen molar-refractivity contribution in [2.24, 2.45) is 0 Å². The first-order valence-electron chi connectivity index (χ1n) is 10.6. The van der Waals surface area contributed by atoms with Crippen LogP contribution < -0.4 is 20.4 Å². The Morgan fingerprint density at radius 3 is 2.41 bits per heavy atom. The largest absolute Gasteiger partial charge is 0.399 e. The lowest BCUT2D eigenvalue weighted by Crippen LogP contribution is -2.53. The first-order chi connectivity index (χ1) is 16.0. The first-order valence-corrected chi connectivity index (χ1v) is 10.6. The van der Waals surface area contributed by atoms with Crippen LogP contribution in [0.3, 0.4) is 0 Å². The predicted molar refractivity (Wildman–Crippen MR) is 114 cm³/mol. The maximum Gasteiger partial charge on any atom is 0.399 e. The van der Waals surface area contributed by atoms with Crippen LogP contribution in [0.15, 0.2) is 36.7 Å². The van der Waals surface area contributed by atoms with Gasteiger partial charge in [-0.2, -0.15) is 8.78 Å². The SMILES string of the molecule is O=C(Nc1cnc(C(O)(F)F)cn1)N[C@@H]1CCCN(c2ccc(N3CCC(F)(F)C3)cc2)C1=O. The number of nitrogens with zero attached hydrogens (tertiary/aromatic N) is 4. The van der Waals surface area contributed by atoms with Gasteiger partial charge in [0.1, 0.15) is 6.04 Å². The van der Waals surface area contributed by atoms with Gasteiger partial charge in [0.2, 0.25) is 5.91 Å². The van der Waals surface area contributed by atoms with E-state index in [-0.39, 0.29) is 31.2 Å². The minimum absolute atomic E-state index is 0.145. The molecule has 2 saturated heterocycles. The fraction of sp³-hybridized carbons (Fsp3) is 0.429. The lowest BCUT2D eigenvalue weighted by molar-refractivity contribution is -0.212. The van der Waals surface area contributed by atoms with Crippen molar-refractivity contribution < 1.29 is 32.3 Å². The van der Waals surface area contributed by atoms with Gasteiger partial charge >= 0.3 is 12.1 Å². The summed E-state index contributed by atoms with van der Waals surface area (Å²) in [6.45, 7) is 0.347. The number of halogens is 4. The van der Waals surface area contributed by atoms with Gasteiger partial charge in [0.25, 0.3) is 5.92 Å². The number of hydrogen-bond donors (Lipinski definition) is 3. The summed E-state index contributed by atoms with van der Waals surface area (Å²) in [5, 5.41) is 13.4. The number of carbonyl (C=O) groups is 2. The highest BCUT2D eigenvalue weighted by atomic mass is 19.3. The molecule has 2 aliphatic rings. The van der Waals surface area contributed by atoms with Gasteiger partial charge in [-0.3, -0.25) is 10.1 Å². The molecule has 1 aromatic carbocycles. The Morgan fingerprint density at radius 2 is 1.82 bits per heavy atom. The number of rotatable bonds is 5. The Bertz CT molecular complexity index is 1050. The van der Waals surface area contributed by atoms with Gasteiger partial charge in [0.05, 0.1) is 18.9 Å². The second-order valence-electron chi connectivity index (χ2n) is 8.16. The third-order valence-corrected chi connectivity index (χ3v) is 5.64. The molecule has 2 aliphatic heterocycles. The topological polar surface area (TPSA) is 111 Å². The summed E-state index contributed by atoms with van der Waals surface area (Å²) in [4.78, 5) is 35.2. The number of aliphatic hydroxyl groups is 1. The van der Waals surface area contributed by atoms with Crippen LogP contribution in [0.1, 0.15) is 25.0 Å². The van der Waals surface area contributed by atoms with Crippen molar-refractivity contribution in [3.63, 3.8) is 0 Å². The van der Waals surface area contributed by atoms with E-state index in [1.54, 1.807) is 29.2 Å². The van der Waals surface area contributed by atoms with Gasteiger partial charge in [0.15, 0.2) is 11.5 Å². The number of benzene rings is 1. The molecule has 0 aliphatic carbocycles. The number of piperidine rings is 1. The average Bonchev–Trinajstić information content (AvgIpc) is 3.15. The van der Waals surface area contributed by atoms with Crippen LogP contribution in [0.2, 0.25) is 0 Å². The Morgan fingerprint density at radius 1 is 1.12 bits per heavy atom. The fourth-order valence-electron chi connectivity index (χ4n) is 3.92. The molecule has 3 amide bonds. The van der Waals surface area contributed by atoms with E-state index in [9.17, 15) is 27.2 Å². The molecule has 2 aromatic rings. The molecule has 3 N–H and O–H groups in total. The summed E-state index contributed by atoms with van der Waals surface area (Å²) in [6, 6.07) is 5.13. The van der Waals surface area contributed by atoms with Gasteiger partial charge < -0.3 is 20.2 Å². The zero-order valence-electron chi connectivity index (χ0n) is 17.8. The summed E-state index contributed by atoms with van der Waals surface area (Å²) in [5.41, 5.74) is 0.254. The van der Waals surface area contributed by atoms with Crippen LogP contribution in [-0.4, -0.2) is 58.6 Å². The highest BCUT2D eigenvalue weighted by Crippen LogP contribution is 2.32. The number of hydrogen-bond acceptors (Lipinski definition) is 6. The summed E-state index contributed by atoms with van der Waals surface area (Å²) in [7, 11) is 0. The minimum Gasteiger partial charge on any atom is -0.365 e. The molecular formula is C21H22F4N6O3. The van der Waals surface area contributed by atoms with E-state index in [1.165, 1.54) is 4.90 Å². The molecule has 0 bridgehead atoms. The second kappa shape index (κ2) is 9.05. The van der Waals surface area contributed by atoms with Crippen molar-refractivity contribution in [3.05, 3.63) is 42.4 Å². The minimum atomic E-state index is -4.15. The van der Waals surface area contributed by atoms with Gasteiger partial charge in [-0.15, -0.1) is 0 Å². The molecule has 9 nitrogen and oxygen atoms in total. The molecular weight excluding hydrogens is 460 g/mol. The zero-order chi connectivity index (χ0) is 24.5. The first kappa shape index (κ1) is 23.7. The van der Waals surface area contributed by atoms with Gasteiger partial charge in [-0.1, -0.05) is 0 Å². The molecule has 1 atom stereocenters. The standard InChI is InChI=1S/C21H22F4N6O3/c22-20(23)7-9-30(12-20)13-3-5-14(6-4-13)31-8-1-2-15(18(31)32)28-19(33)29-17-11-26-16(10-27-17)21(24,25)34/h3-6,10-11,15,34H,1-2,7-9,12H2,(H2,27,28,29,33)/t15-/m1/s1. The molecule has 3 heterocycles. The molecule has 13 heteroatoms. The van der Waals surface area contributed by atoms with Crippen molar-refractivity contribution >= 4 is 29.1 Å². The molecule has 4 rings (SSSR count). The summed E-state index contributed by atoms with van der Waals surface area (Å²) < 4.78 is 52.5. The fourth-order valence-corrected chi connectivity index (χ4v) is 3.92. The van der Waals surface area contributed by atoms with Crippen molar-refractivity contribution in [3.8, 4) is 0 Å². The highest BCUT2D eigenvalue weighted by Gasteiger charge is 2.38.